The predicted molar refractivity (Wildman–Crippen MR) is 120 cm³/mol. The third kappa shape index (κ3) is 4.69. The van der Waals surface area contributed by atoms with E-state index in [1.165, 1.54) is 6.07 Å². The van der Waals surface area contributed by atoms with Crippen molar-refractivity contribution in [1.82, 2.24) is 9.88 Å². The number of benzene rings is 1. The highest BCUT2D eigenvalue weighted by molar-refractivity contribution is 7.11. The highest BCUT2D eigenvalue weighted by Gasteiger charge is 2.32. The molecule has 0 saturated carbocycles. The Bertz CT molecular complexity index is 1190. The summed E-state index contributed by atoms with van der Waals surface area (Å²) in [6.07, 6.45) is 5.00. The first-order valence-electron chi connectivity index (χ1n) is 10.4. The van der Waals surface area contributed by atoms with Gasteiger partial charge in [-0.3, -0.25) is 10.7 Å². The number of nitrogens with one attached hydrogen (secondary N) is 1. The number of thiazole rings is 1. The lowest BCUT2D eigenvalue weighted by atomic mass is 10.0. The van der Waals surface area contributed by atoms with Gasteiger partial charge in [0.25, 0.3) is 0 Å². The van der Waals surface area contributed by atoms with Crippen LogP contribution in [-0.4, -0.2) is 40.7 Å². The molecule has 33 heavy (non-hydrogen) atoms. The zero-order valence-corrected chi connectivity index (χ0v) is 18.7. The van der Waals surface area contributed by atoms with Gasteiger partial charge in [-0.1, -0.05) is 0 Å². The van der Waals surface area contributed by atoms with Gasteiger partial charge in [0.15, 0.2) is 5.69 Å². The van der Waals surface area contributed by atoms with E-state index in [0.717, 1.165) is 29.9 Å². The monoisotopic (exact) mass is 473 g/mol. The van der Waals surface area contributed by atoms with Gasteiger partial charge in [-0.15, -0.1) is 11.3 Å². The van der Waals surface area contributed by atoms with Gasteiger partial charge in [0.05, 0.1) is 12.6 Å². The molecule has 1 aromatic carbocycles. The molecule has 1 unspecified atom stereocenters. The van der Waals surface area contributed by atoms with Gasteiger partial charge in [-0.2, -0.15) is 4.99 Å². The fourth-order valence-electron chi connectivity index (χ4n) is 3.91. The van der Waals surface area contributed by atoms with Crippen molar-refractivity contribution in [3.63, 3.8) is 0 Å². The number of hydrogen-bond acceptors (Lipinski definition) is 7. The van der Waals surface area contributed by atoms with Crippen LogP contribution in [0.15, 0.2) is 46.7 Å². The Hall–Kier alpha value is -3.44. The minimum Gasteiger partial charge on any atom is -0.461 e. The first kappa shape index (κ1) is 22.7. The number of ether oxygens (including phenoxy) is 1. The summed E-state index contributed by atoms with van der Waals surface area (Å²) in [7, 11) is 0. The molecule has 0 bridgehead atoms. The highest BCUT2D eigenvalue weighted by Crippen LogP contribution is 2.35. The van der Waals surface area contributed by atoms with Crippen LogP contribution < -0.4 is 11.1 Å². The normalized spacial score (nSPS) is 19.4. The van der Waals surface area contributed by atoms with Crippen molar-refractivity contribution in [1.29, 1.82) is 5.41 Å². The summed E-state index contributed by atoms with van der Waals surface area (Å²) >= 11 is 1.16. The molecule has 2 aliphatic heterocycles. The average Bonchev–Trinajstić information content (AvgIpc) is 3.46. The number of halogens is 2. The maximum absolute atomic E-state index is 14.5. The topological polar surface area (TPSA) is 121 Å². The molecular formula is C22H23F2N6O2S+. The van der Waals surface area contributed by atoms with Gasteiger partial charge in [0.1, 0.15) is 40.1 Å². The Morgan fingerprint density at radius 2 is 2.24 bits per heavy atom. The SMILES string of the molecule is CCOC(=O)c1csc(/C(C(=N)N)=C2\N=C(N3CCCC3c3cc(F)ccc3F)C=C[NH2+]2)n1. The van der Waals surface area contributed by atoms with E-state index in [4.69, 9.17) is 15.9 Å². The summed E-state index contributed by atoms with van der Waals surface area (Å²) in [5, 5.41) is 11.7. The second-order valence-corrected chi connectivity index (χ2v) is 8.30. The van der Waals surface area contributed by atoms with Crippen LogP contribution in [0.1, 0.15) is 46.9 Å². The quantitative estimate of drug-likeness (QED) is 0.350. The van der Waals surface area contributed by atoms with Crippen LogP contribution in [0.2, 0.25) is 0 Å². The first-order chi connectivity index (χ1) is 15.9. The van der Waals surface area contributed by atoms with Crippen LogP contribution in [0.4, 0.5) is 8.78 Å². The molecule has 0 amide bonds. The van der Waals surface area contributed by atoms with Crippen LogP contribution in [0, 0.1) is 17.0 Å². The highest BCUT2D eigenvalue weighted by atomic mass is 32.1. The number of carbonyl (C=O) groups is 1. The molecule has 1 aromatic heterocycles. The number of carbonyl (C=O) groups excluding carboxylic acids is 1. The minimum atomic E-state index is -0.554. The number of rotatable bonds is 5. The zero-order chi connectivity index (χ0) is 23.5. The molecule has 2 aromatic rings. The Balaban J connectivity index is 1.70. The van der Waals surface area contributed by atoms with Crippen LogP contribution in [0.5, 0.6) is 0 Å². The molecule has 1 fully saturated rings. The number of esters is 1. The summed E-state index contributed by atoms with van der Waals surface area (Å²) in [6.45, 7) is 2.55. The van der Waals surface area contributed by atoms with Crippen molar-refractivity contribution in [3.8, 4) is 0 Å². The van der Waals surface area contributed by atoms with Gasteiger partial charge in [-0.05, 0) is 38.0 Å². The molecule has 0 aliphatic carbocycles. The second kappa shape index (κ2) is 9.59. The van der Waals surface area contributed by atoms with Crippen molar-refractivity contribution in [3.05, 3.63) is 69.6 Å². The van der Waals surface area contributed by atoms with Gasteiger partial charge >= 0.3 is 5.97 Å². The number of aromatic nitrogens is 1. The molecule has 172 valence electrons. The number of hydrogen-bond donors (Lipinski definition) is 3. The summed E-state index contributed by atoms with van der Waals surface area (Å²) < 4.78 is 33.2. The third-order valence-corrected chi connectivity index (χ3v) is 6.19. The Morgan fingerprint density at radius 1 is 1.42 bits per heavy atom. The van der Waals surface area contributed by atoms with Crippen molar-refractivity contribution in [2.45, 2.75) is 25.8 Å². The lowest BCUT2D eigenvalue weighted by molar-refractivity contribution is -0.535. The molecule has 8 nitrogen and oxygen atoms in total. The summed E-state index contributed by atoms with van der Waals surface area (Å²) in [5.41, 5.74) is 6.56. The molecule has 4 rings (SSSR count). The number of nitrogens with two attached hydrogens (primary N) is 2. The number of quaternary nitrogens is 1. The fourth-order valence-corrected chi connectivity index (χ4v) is 4.76. The lowest BCUT2D eigenvalue weighted by Gasteiger charge is -2.28. The Morgan fingerprint density at radius 3 is 3.00 bits per heavy atom. The van der Waals surface area contributed by atoms with Crippen molar-refractivity contribution in [2.24, 2.45) is 10.7 Å². The summed E-state index contributed by atoms with van der Waals surface area (Å²) in [4.78, 5) is 22.9. The molecule has 2 aliphatic rings. The molecule has 1 atom stereocenters. The maximum Gasteiger partial charge on any atom is 0.357 e. The van der Waals surface area contributed by atoms with E-state index in [9.17, 15) is 13.6 Å². The van der Waals surface area contributed by atoms with Crippen LogP contribution in [0.3, 0.4) is 0 Å². The van der Waals surface area contributed by atoms with E-state index in [1.54, 1.807) is 29.9 Å². The van der Waals surface area contributed by atoms with Gasteiger partial charge in [-0.25, -0.2) is 18.6 Å². The Kier molecular flexibility index (Phi) is 6.61. The maximum atomic E-state index is 14.5. The van der Waals surface area contributed by atoms with E-state index >= 15 is 0 Å². The van der Waals surface area contributed by atoms with E-state index in [-0.39, 0.29) is 35.3 Å². The molecule has 3 heterocycles. The van der Waals surface area contributed by atoms with Gasteiger partial charge < -0.3 is 15.4 Å². The lowest BCUT2D eigenvalue weighted by Crippen LogP contribution is -2.77. The number of nitrogens with zero attached hydrogens (tertiary/aromatic N) is 3. The van der Waals surface area contributed by atoms with Crippen molar-refractivity contribution >= 4 is 34.6 Å². The Labute approximate surface area is 193 Å². The molecule has 5 N–H and O–H groups in total. The van der Waals surface area contributed by atoms with E-state index in [2.05, 4.69) is 9.98 Å². The number of aliphatic imine (C=N–C) groups is 1. The molecular weight excluding hydrogens is 450 g/mol. The van der Waals surface area contributed by atoms with Gasteiger partial charge in [0.2, 0.25) is 5.82 Å². The third-order valence-electron chi connectivity index (χ3n) is 5.33. The van der Waals surface area contributed by atoms with Crippen LogP contribution >= 0.6 is 11.3 Å². The van der Waals surface area contributed by atoms with Gasteiger partial charge in [0, 0.05) is 23.6 Å². The smallest absolute Gasteiger partial charge is 0.357 e. The standard InChI is InChI=1S/C22H22F2N6O2S/c1-2-32-22(31)15-11-33-21(28-15)18(19(25)26)20-27-8-7-17(29-20)30-9-3-4-16(30)13-10-12(23)5-6-14(13)24/h5-8,10-11,16,27H,2-4,9H2,1H3,(H3,25,26)/p+1/b20-18-. The predicted octanol–water partition coefficient (Wildman–Crippen LogP) is 2.53. The van der Waals surface area contributed by atoms with E-state index in [0.29, 0.717) is 29.6 Å². The van der Waals surface area contributed by atoms with Crippen molar-refractivity contribution in [2.75, 3.05) is 13.2 Å². The van der Waals surface area contributed by atoms with Crippen LogP contribution in [-0.2, 0) is 4.74 Å². The van der Waals surface area contributed by atoms with Crippen molar-refractivity contribution < 1.29 is 23.6 Å². The van der Waals surface area contributed by atoms with E-state index in [1.807, 2.05) is 4.90 Å². The molecule has 1 saturated heterocycles. The van der Waals surface area contributed by atoms with Crippen LogP contribution in [0.25, 0.3) is 5.57 Å². The molecule has 0 spiro atoms. The number of amidine groups is 2. The second-order valence-electron chi connectivity index (χ2n) is 7.45. The summed E-state index contributed by atoms with van der Waals surface area (Å²) in [5.74, 6) is -0.807. The molecule has 11 heteroatoms. The first-order valence-corrected chi connectivity index (χ1v) is 11.3. The fraction of sp³-hybridized carbons (Fsp3) is 0.273. The zero-order valence-electron chi connectivity index (χ0n) is 17.8. The molecule has 0 radical (unpaired) electrons. The minimum absolute atomic E-state index is 0.132. The van der Waals surface area contributed by atoms with E-state index < -0.39 is 17.6 Å². The largest absolute Gasteiger partial charge is 0.461 e. The number of likely N-dealkylation sites (tertiary alicyclic amines) is 1. The summed E-state index contributed by atoms with van der Waals surface area (Å²) in [6, 6.07) is 3.10. The average molecular weight is 474 g/mol.